The maximum Gasteiger partial charge on any atom is 0.258 e. The van der Waals surface area contributed by atoms with Crippen molar-refractivity contribution in [2.75, 3.05) is 11.4 Å². The molecule has 4 rings (SSSR count). The first-order valence-corrected chi connectivity index (χ1v) is 8.33. The number of pyridine rings is 1. The van der Waals surface area contributed by atoms with Crippen LogP contribution in [0.3, 0.4) is 0 Å². The number of hydrogen-bond acceptors (Lipinski definition) is 3. The molecule has 124 valence electrons. The van der Waals surface area contributed by atoms with Gasteiger partial charge in [-0.15, -0.1) is 0 Å². The van der Waals surface area contributed by atoms with Crippen molar-refractivity contribution in [1.29, 1.82) is 0 Å². The summed E-state index contributed by atoms with van der Waals surface area (Å²) in [5.41, 5.74) is 3.93. The molecule has 0 spiro atoms. The fourth-order valence-corrected chi connectivity index (χ4v) is 3.05. The second-order valence-electron chi connectivity index (χ2n) is 6.01. The van der Waals surface area contributed by atoms with E-state index in [2.05, 4.69) is 11.1 Å². The van der Waals surface area contributed by atoms with E-state index in [1.807, 2.05) is 59.5 Å². The van der Waals surface area contributed by atoms with Crippen LogP contribution in [0, 0.1) is 0 Å². The van der Waals surface area contributed by atoms with E-state index >= 15 is 0 Å². The maximum absolute atomic E-state index is 12.8. The lowest BCUT2D eigenvalue weighted by Crippen LogP contribution is -2.28. The van der Waals surface area contributed by atoms with Crippen LogP contribution in [-0.2, 0) is 13.0 Å². The first-order valence-electron chi connectivity index (χ1n) is 8.33. The number of hydrogen-bond donors (Lipinski definition) is 0. The van der Waals surface area contributed by atoms with Crippen LogP contribution in [0.25, 0.3) is 0 Å². The number of para-hydroxylation sites is 1. The number of anilines is 1. The van der Waals surface area contributed by atoms with Crippen LogP contribution in [0.1, 0.15) is 21.5 Å². The van der Waals surface area contributed by atoms with E-state index in [1.165, 1.54) is 5.56 Å². The van der Waals surface area contributed by atoms with Crippen molar-refractivity contribution in [2.45, 2.75) is 13.0 Å². The van der Waals surface area contributed by atoms with Gasteiger partial charge in [0.05, 0.1) is 0 Å². The number of fused-ring (bicyclic) bond motifs is 1. The third-order valence-corrected chi connectivity index (χ3v) is 4.36. The van der Waals surface area contributed by atoms with Gasteiger partial charge in [-0.2, -0.15) is 0 Å². The molecule has 4 nitrogen and oxygen atoms in total. The van der Waals surface area contributed by atoms with E-state index in [-0.39, 0.29) is 5.91 Å². The van der Waals surface area contributed by atoms with Gasteiger partial charge < -0.3 is 9.64 Å². The van der Waals surface area contributed by atoms with Gasteiger partial charge in [0.1, 0.15) is 12.4 Å². The summed E-state index contributed by atoms with van der Waals surface area (Å²) in [5, 5.41) is 0. The summed E-state index contributed by atoms with van der Waals surface area (Å²) >= 11 is 0. The van der Waals surface area contributed by atoms with Gasteiger partial charge in [-0.3, -0.25) is 9.78 Å². The number of benzene rings is 2. The molecule has 0 unspecified atom stereocenters. The monoisotopic (exact) mass is 330 g/mol. The standard InChI is InChI=1S/C21H18N2O2/c24-21(23-13-11-17-5-1-2-6-20(17)23)18-7-9-19(10-8-18)25-15-16-4-3-12-22-14-16/h1-10,12,14H,11,13,15H2. The minimum absolute atomic E-state index is 0.0313. The molecule has 0 fully saturated rings. The molecule has 0 radical (unpaired) electrons. The molecule has 3 aromatic rings. The molecule has 2 aromatic carbocycles. The number of amides is 1. The molecule has 2 heterocycles. The summed E-state index contributed by atoms with van der Waals surface area (Å²) in [6.45, 7) is 1.19. The SMILES string of the molecule is O=C(c1ccc(OCc2cccnc2)cc1)N1CCc2ccccc21. The predicted octanol–water partition coefficient (Wildman–Crippen LogP) is 3.86. The van der Waals surface area contributed by atoms with Gasteiger partial charge in [0.2, 0.25) is 0 Å². The molecule has 4 heteroatoms. The molecule has 0 saturated carbocycles. The molecular formula is C21H18N2O2. The lowest BCUT2D eigenvalue weighted by Gasteiger charge is -2.17. The zero-order valence-electron chi connectivity index (χ0n) is 13.8. The summed E-state index contributed by atoms with van der Waals surface area (Å²) in [4.78, 5) is 18.7. The van der Waals surface area contributed by atoms with E-state index in [1.54, 1.807) is 12.4 Å². The Balaban J connectivity index is 1.44. The van der Waals surface area contributed by atoms with Crippen LogP contribution in [0.5, 0.6) is 5.75 Å². The number of ether oxygens (including phenoxy) is 1. The average molecular weight is 330 g/mol. The van der Waals surface area contributed by atoms with Crippen LogP contribution < -0.4 is 9.64 Å². The van der Waals surface area contributed by atoms with Gasteiger partial charge in [0.25, 0.3) is 5.91 Å². The molecule has 0 aliphatic carbocycles. The Morgan fingerprint density at radius 3 is 2.68 bits per heavy atom. The van der Waals surface area contributed by atoms with Gasteiger partial charge >= 0.3 is 0 Å². The van der Waals surface area contributed by atoms with Crippen molar-refractivity contribution in [3.05, 3.63) is 89.7 Å². The number of rotatable bonds is 4. The molecule has 0 atom stereocenters. The second-order valence-corrected chi connectivity index (χ2v) is 6.01. The van der Waals surface area contributed by atoms with Crippen molar-refractivity contribution < 1.29 is 9.53 Å². The van der Waals surface area contributed by atoms with Crippen molar-refractivity contribution >= 4 is 11.6 Å². The molecule has 1 aromatic heterocycles. The fraction of sp³-hybridized carbons (Fsp3) is 0.143. The highest BCUT2D eigenvalue weighted by atomic mass is 16.5. The van der Waals surface area contributed by atoms with Gasteiger partial charge in [-0.25, -0.2) is 0 Å². The van der Waals surface area contributed by atoms with E-state index in [0.717, 1.165) is 30.0 Å². The molecule has 0 N–H and O–H groups in total. The zero-order chi connectivity index (χ0) is 17.1. The van der Waals surface area contributed by atoms with Crippen LogP contribution in [-0.4, -0.2) is 17.4 Å². The quantitative estimate of drug-likeness (QED) is 0.729. The lowest BCUT2D eigenvalue weighted by atomic mass is 10.1. The highest BCUT2D eigenvalue weighted by molar-refractivity contribution is 6.07. The fourth-order valence-electron chi connectivity index (χ4n) is 3.05. The molecule has 1 aliphatic heterocycles. The summed E-state index contributed by atoms with van der Waals surface area (Å²) in [5.74, 6) is 0.769. The van der Waals surface area contributed by atoms with E-state index in [9.17, 15) is 4.79 Å². The lowest BCUT2D eigenvalue weighted by molar-refractivity contribution is 0.0989. The normalized spacial score (nSPS) is 12.7. The first-order chi connectivity index (χ1) is 12.3. The molecule has 1 amide bonds. The summed E-state index contributed by atoms with van der Waals surface area (Å²) in [6.07, 6.45) is 4.43. The second kappa shape index (κ2) is 6.77. The Labute approximate surface area is 146 Å². The van der Waals surface area contributed by atoms with Gasteiger partial charge in [0.15, 0.2) is 0 Å². The Hall–Kier alpha value is -3.14. The molecule has 1 aliphatic rings. The number of carbonyl (C=O) groups is 1. The smallest absolute Gasteiger partial charge is 0.258 e. The minimum atomic E-state index is 0.0313. The van der Waals surface area contributed by atoms with Gasteiger partial charge in [0, 0.05) is 35.8 Å². The Kier molecular flexibility index (Phi) is 4.17. The highest BCUT2D eigenvalue weighted by Gasteiger charge is 2.24. The Morgan fingerprint density at radius 1 is 1.04 bits per heavy atom. The molecule has 25 heavy (non-hydrogen) atoms. The molecule has 0 saturated heterocycles. The number of nitrogens with zero attached hydrogens (tertiary/aromatic N) is 2. The number of aromatic nitrogens is 1. The third kappa shape index (κ3) is 3.24. The summed E-state index contributed by atoms with van der Waals surface area (Å²) in [6, 6.07) is 19.2. The minimum Gasteiger partial charge on any atom is -0.489 e. The highest BCUT2D eigenvalue weighted by Crippen LogP contribution is 2.29. The maximum atomic E-state index is 12.8. The summed E-state index contributed by atoms with van der Waals surface area (Å²) < 4.78 is 5.74. The van der Waals surface area contributed by atoms with Crippen LogP contribution in [0.4, 0.5) is 5.69 Å². The van der Waals surface area contributed by atoms with Crippen LogP contribution in [0.2, 0.25) is 0 Å². The third-order valence-electron chi connectivity index (χ3n) is 4.36. The van der Waals surface area contributed by atoms with Crippen molar-refractivity contribution in [1.82, 2.24) is 4.98 Å². The Bertz CT molecular complexity index is 876. The van der Waals surface area contributed by atoms with Crippen LogP contribution in [0.15, 0.2) is 73.1 Å². The van der Waals surface area contributed by atoms with Crippen molar-refractivity contribution in [3.63, 3.8) is 0 Å². The molecular weight excluding hydrogens is 312 g/mol. The molecule has 0 bridgehead atoms. The van der Waals surface area contributed by atoms with Crippen molar-refractivity contribution in [3.8, 4) is 5.75 Å². The van der Waals surface area contributed by atoms with Crippen molar-refractivity contribution in [2.24, 2.45) is 0 Å². The van der Waals surface area contributed by atoms with E-state index in [4.69, 9.17) is 4.74 Å². The zero-order valence-corrected chi connectivity index (χ0v) is 13.8. The largest absolute Gasteiger partial charge is 0.489 e. The first kappa shape index (κ1) is 15.4. The van der Waals surface area contributed by atoms with E-state index in [0.29, 0.717) is 12.2 Å². The Morgan fingerprint density at radius 2 is 1.88 bits per heavy atom. The average Bonchev–Trinajstić information content (AvgIpc) is 3.11. The van der Waals surface area contributed by atoms with Gasteiger partial charge in [-0.1, -0.05) is 24.3 Å². The van der Waals surface area contributed by atoms with Gasteiger partial charge in [-0.05, 0) is 48.4 Å². The summed E-state index contributed by atoms with van der Waals surface area (Å²) in [7, 11) is 0. The number of carbonyl (C=O) groups excluding carboxylic acids is 1. The topological polar surface area (TPSA) is 42.4 Å². The van der Waals surface area contributed by atoms with E-state index < -0.39 is 0 Å². The predicted molar refractivity (Wildman–Crippen MR) is 96.8 cm³/mol. The van der Waals surface area contributed by atoms with Crippen LogP contribution >= 0.6 is 0 Å².